The van der Waals surface area contributed by atoms with Crippen LogP contribution in [-0.2, 0) is 0 Å². The Morgan fingerprint density at radius 3 is 2.57 bits per heavy atom. The van der Waals surface area contributed by atoms with Crippen molar-refractivity contribution in [3.05, 3.63) is 10.4 Å². The number of primary amides is 1. The normalized spacial score (nSPS) is 14.2. The van der Waals surface area contributed by atoms with E-state index in [1.165, 1.54) is 11.3 Å². The molecule has 2 amide bonds. The van der Waals surface area contributed by atoms with Crippen LogP contribution in [0, 0.1) is 5.92 Å². The van der Waals surface area contributed by atoms with Crippen LogP contribution in [0.1, 0.15) is 53.1 Å². The van der Waals surface area contributed by atoms with Crippen molar-refractivity contribution < 1.29 is 9.59 Å². The highest BCUT2D eigenvalue weighted by atomic mass is 32.1. The summed E-state index contributed by atoms with van der Waals surface area (Å²) in [6.45, 7) is 4.95. The molecule has 0 spiro atoms. The second kappa shape index (κ2) is 6.34. The van der Waals surface area contributed by atoms with Gasteiger partial charge in [0.1, 0.15) is 9.88 Å². The summed E-state index contributed by atoms with van der Waals surface area (Å²) in [6, 6.07) is 0.244. The lowest BCUT2D eigenvalue weighted by molar-refractivity contribution is 0.0955. The smallest absolute Gasteiger partial charge is 0.263 e. The van der Waals surface area contributed by atoms with Crippen LogP contribution >= 0.6 is 11.3 Å². The third-order valence-electron chi connectivity index (χ3n) is 3.32. The first-order chi connectivity index (χ1) is 9.90. The summed E-state index contributed by atoms with van der Waals surface area (Å²) in [5.41, 5.74) is 11.7. The topological polar surface area (TPSA) is 110 Å². The molecule has 1 aromatic rings. The molecule has 0 radical (unpaired) electrons. The highest BCUT2D eigenvalue weighted by Crippen LogP contribution is 2.36. The quantitative estimate of drug-likeness (QED) is 0.615. The van der Waals surface area contributed by atoms with E-state index in [-0.39, 0.29) is 23.2 Å². The summed E-state index contributed by atoms with van der Waals surface area (Å²) in [7, 11) is 0. The van der Waals surface area contributed by atoms with Crippen molar-refractivity contribution in [3.8, 4) is 0 Å². The standard InChI is InChI=1S/C14H22N4O2S/c1-7(2)5-6-17-14-9(12(16)19)10(15)11(21-14)13(20)18-8-3-4-8/h7-8,17H,3-6,15H2,1-2H3,(H2,16,19)(H,18,20). The second-order valence-corrected chi connectivity index (χ2v) is 6.79. The van der Waals surface area contributed by atoms with Crippen LogP contribution in [0.25, 0.3) is 0 Å². The lowest BCUT2D eigenvalue weighted by Gasteiger charge is -2.07. The Morgan fingerprint density at radius 1 is 1.38 bits per heavy atom. The minimum Gasteiger partial charge on any atom is -0.397 e. The van der Waals surface area contributed by atoms with Crippen LogP contribution < -0.4 is 22.1 Å². The van der Waals surface area contributed by atoms with Gasteiger partial charge >= 0.3 is 0 Å². The van der Waals surface area contributed by atoms with Crippen LogP contribution in [0.15, 0.2) is 0 Å². The van der Waals surface area contributed by atoms with Gasteiger partial charge in [0.15, 0.2) is 0 Å². The van der Waals surface area contributed by atoms with E-state index >= 15 is 0 Å². The van der Waals surface area contributed by atoms with Crippen molar-refractivity contribution in [2.24, 2.45) is 11.7 Å². The molecule has 6 nitrogen and oxygen atoms in total. The van der Waals surface area contributed by atoms with E-state index in [2.05, 4.69) is 24.5 Å². The summed E-state index contributed by atoms with van der Waals surface area (Å²) in [5, 5.41) is 6.63. The highest BCUT2D eigenvalue weighted by Gasteiger charge is 2.28. The minimum atomic E-state index is -0.610. The maximum absolute atomic E-state index is 12.1. The zero-order chi connectivity index (χ0) is 15.6. The van der Waals surface area contributed by atoms with E-state index in [1.54, 1.807) is 0 Å². The van der Waals surface area contributed by atoms with Crippen molar-refractivity contribution in [3.63, 3.8) is 0 Å². The summed E-state index contributed by atoms with van der Waals surface area (Å²) in [4.78, 5) is 24.1. The fourth-order valence-corrected chi connectivity index (χ4v) is 2.99. The molecular formula is C14H22N4O2S. The van der Waals surface area contributed by atoms with Gasteiger partial charge in [-0.3, -0.25) is 9.59 Å². The molecule has 0 aliphatic heterocycles. The van der Waals surface area contributed by atoms with Crippen molar-refractivity contribution >= 4 is 33.8 Å². The van der Waals surface area contributed by atoms with Crippen molar-refractivity contribution in [2.75, 3.05) is 17.6 Å². The largest absolute Gasteiger partial charge is 0.397 e. The molecule has 1 aliphatic rings. The first kappa shape index (κ1) is 15.6. The molecule has 21 heavy (non-hydrogen) atoms. The van der Waals surface area contributed by atoms with E-state index in [0.717, 1.165) is 19.3 Å². The van der Waals surface area contributed by atoms with Crippen LogP contribution in [0.5, 0.6) is 0 Å². The fraction of sp³-hybridized carbons (Fsp3) is 0.571. The Labute approximate surface area is 128 Å². The Hall–Kier alpha value is -1.76. The second-order valence-electron chi connectivity index (χ2n) is 5.77. The van der Waals surface area contributed by atoms with E-state index in [4.69, 9.17) is 11.5 Å². The lowest BCUT2D eigenvalue weighted by Crippen LogP contribution is -2.25. The molecule has 6 N–H and O–H groups in total. The number of hydrogen-bond acceptors (Lipinski definition) is 5. The number of rotatable bonds is 7. The molecule has 0 unspecified atom stereocenters. The number of anilines is 2. The Morgan fingerprint density at radius 2 is 2.05 bits per heavy atom. The third kappa shape index (κ3) is 3.87. The summed E-state index contributed by atoms with van der Waals surface area (Å²) in [5.74, 6) is -0.287. The molecule has 0 aromatic carbocycles. The van der Waals surface area contributed by atoms with Crippen molar-refractivity contribution in [1.82, 2.24) is 5.32 Å². The Kier molecular flexibility index (Phi) is 4.72. The number of thiophene rings is 1. The predicted molar refractivity (Wildman–Crippen MR) is 85.7 cm³/mol. The fourth-order valence-electron chi connectivity index (χ4n) is 1.93. The molecule has 1 heterocycles. The molecule has 116 valence electrons. The molecule has 1 fully saturated rings. The SMILES string of the molecule is CC(C)CCNc1sc(C(=O)NC2CC2)c(N)c1C(N)=O. The Balaban J connectivity index is 2.17. The van der Waals surface area contributed by atoms with Gasteiger partial charge in [-0.2, -0.15) is 0 Å². The number of hydrogen-bond donors (Lipinski definition) is 4. The Bertz CT molecular complexity index is 549. The molecule has 1 saturated carbocycles. The maximum Gasteiger partial charge on any atom is 0.263 e. The summed E-state index contributed by atoms with van der Waals surface area (Å²) in [6.07, 6.45) is 2.96. The maximum atomic E-state index is 12.1. The number of nitrogens with one attached hydrogen (secondary N) is 2. The van der Waals surface area contributed by atoms with Gasteiger partial charge in [0.05, 0.1) is 11.3 Å². The molecule has 7 heteroatoms. The summed E-state index contributed by atoms with van der Waals surface area (Å²) >= 11 is 1.20. The monoisotopic (exact) mass is 310 g/mol. The molecule has 1 aromatic heterocycles. The molecular weight excluding hydrogens is 288 g/mol. The zero-order valence-corrected chi connectivity index (χ0v) is 13.2. The number of carbonyl (C=O) groups excluding carboxylic acids is 2. The summed E-state index contributed by atoms with van der Waals surface area (Å²) < 4.78 is 0. The van der Waals surface area contributed by atoms with Crippen LogP contribution in [0.3, 0.4) is 0 Å². The van der Waals surface area contributed by atoms with Crippen LogP contribution in [0.2, 0.25) is 0 Å². The average Bonchev–Trinajstić information content (AvgIpc) is 3.11. The van der Waals surface area contributed by atoms with Gasteiger partial charge in [-0.25, -0.2) is 0 Å². The average molecular weight is 310 g/mol. The van der Waals surface area contributed by atoms with Crippen molar-refractivity contribution in [2.45, 2.75) is 39.2 Å². The lowest BCUT2D eigenvalue weighted by atomic mass is 10.1. The van der Waals surface area contributed by atoms with Gasteiger partial charge < -0.3 is 22.1 Å². The van der Waals surface area contributed by atoms with Crippen molar-refractivity contribution in [1.29, 1.82) is 0 Å². The van der Waals surface area contributed by atoms with E-state index < -0.39 is 5.91 Å². The molecule has 2 rings (SSSR count). The van der Waals surface area contributed by atoms with Gasteiger partial charge in [-0.15, -0.1) is 11.3 Å². The first-order valence-electron chi connectivity index (χ1n) is 7.17. The van der Waals surface area contributed by atoms with Gasteiger partial charge in [-0.05, 0) is 25.2 Å². The zero-order valence-electron chi connectivity index (χ0n) is 12.4. The molecule has 0 saturated heterocycles. The molecule has 1 aliphatic carbocycles. The number of nitrogen functional groups attached to an aromatic ring is 1. The van der Waals surface area contributed by atoms with Gasteiger partial charge in [-0.1, -0.05) is 13.8 Å². The van der Waals surface area contributed by atoms with E-state index in [0.29, 0.717) is 22.3 Å². The number of nitrogens with two attached hydrogens (primary N) is 2. The van der Waals surface area contributed by atoms with Crippen LogP contribution in [-0.4, -0.2) is 24.4 Å². The first-order valence-corrected chi connectivity index (χ1v) is 7.98. The van der Waals surface area contributed by atoms with E-state index in [9.17, 15) is 9.59 Å². The molecule has 0 atom stereocenters. The van der Waals surface area contributed by atoms with Gasteiger partial charge in [0, 0.05) is 12.6 Å². The number of carbonyl (C=O) groups is 2. The predicted octanol–water partition coefficient (Wildman–Crippen LogP) is 1.78. The van der Waals surface area contributed by atoms with Crippen LogP contribution in [0.4, 0.5) is 10.7 Å². The number of amides is 2. The molecule has 0 bridgehead atoms. The highest BCUT2D eigenvalue weighted by molar-refractivity contribution is 7.19. The minimum absolute atomic E-state index is 0.178. The van der Waals surface area contributed by atoms with Gasteiger partial charge in [0.2, 0.25) is 0 Å². The van der Waals surface area contributed by atoms with E-state index in [1.807, 2.05) is 0 Å². The third-order valence-corrected chi connectivity index (χ3v) is 4.48. The van der Waals surface area contributed by atoms with Gasteiger partial charge in [0.25, 0.3) is 11.8 Å².